The van der Waals surface area contributed by atoms with Crippen LogP contribution in [0, 0.1) is 5.41 Å². The molecule has 0 aromatic heterocycles. The van der Waals surface area contributed by atoms with Crippen LogP contribution in [0.5, 0.6) is 0 Å². The Morgan fingerprint density at radius 2 is 2.07 bits per heavy atom. The van der Waals surface area contributed by atoms with Crippen molar-refractivity contribution >= 4 is 0 Å². The van der Waals surface area contributed by atoms with Gasteiger partial charge >= 0.3 is 0 Å². The summed E-state index contributed by atoms with van der Waals surface area (Å²) in [6.45, 7) is 2.60. The lowest BCUT2D eigenvalue weighted by Gasteiger charge is -2.20. The lowest BCUT2D eigenvalue weighted by molar-refractivity contribution is 0.186. The number of aliphatic hydroxyl groups excluding tert-OH is 1. The molecule has 0 heterocycles. The largest absolute Gasteiger partial charge is 0.396 e. The Morgan fingerprint density at radius 3 is 2.71 bits per heavy atom. The molecule has 0 amide bonds. The third kappa shape index (κ3) is 0.795. The summed E-state index contributed by atoms with van der Waals surface area (Å²) in [6, 6.07) is 8.73. The molecule has 1 N–H and O–H groups in total. The van der Waals surface area contributed by atoms with E-state index in [-0.39, 0.29) is 5.41 Å². The van der Waals surface area contributed by atoms with E-state index in [1.807, 2.05) is 0 Å². The lowest BCUT2D eigenvalue weighted by Crippen LogP contribution is -2.15. The van der Waals surface area contributed by atoms with Gasteiger partial charge in [0.15, 0.2) is 0 Å². The quantitative estimate of drug-likeness (QED) is 0.756. The third-order valence-electron chi connectivity index (χ3n) is 4.26. The highest BCUT2D eigenvalue weighted by atomic mass is 16.3. The van der Waals surface area contributed by atoms with Crippen LogP contribution in [0.3, 0.4) is 0 Å². The minimum Gasteiger partial charge on any atom is -0.396 e. The molecule has 0 saturated heterocycles. The van der Waals surface area contributed by atoms with Gasteiger partial charge in [-0.25, -0.2) is 0 Å². The molecule has 1 saturated carbocycles. The Morgan fingerprint density at radius 1 is 1.36 bits per heavy atom. The predicted octanol–water partition coefficient (Wildman–Crippen LogP) is 2.66. The Bertz CT molecular complexity index is 371. The van der Waals surface area contributed by atoms with E-state index in [2.05, 4.69) is 31.2 Å². The van der Waals surface area contributed by atoms with Crippen LogP contribution in [-0.4, -0.2) is 11.7 Å². The van der Waals surface area contributed by atoms with Gasteiger partial charge < -0.3 is 5.11 Å². The molecule has 1 nitrogen and oxygen atoms in total. The molecule has 2 aliphatic carbocycles. The fourth-order valence-electron chi connectivity index (χ4n) is 3.49. The van der Waals surface area contributed by atoms with Gasteiger partial charge in [0, 0.05) is 12.0 Å². The number of benzene rings is 1. The molecule has 3 rings (SSSR count). The minimum atomic E-state index is 0.235. The van der Waals surface area contributed by atoms with Crippen molar-refractivity contribution < 1.29 is 5.11 Å². The van der Waals surface area contributed by atoms with Crippen molar-refractivity contribution in [1.29, 1.82) is 0 Å². The summed E-state index contributed by atoms with van der Waals surface area (Å²) in [4.78, 5) is 0. The molecule has 1 aromatic carbocycles. The molecule has 1 aromatic rings. The highest BCUT2D eigenvalue weighted by molar-refractivity contribution is 5.49. The number of rotatable bonds is 2. The Balaban J connectivity index is 2.11. The van der Waals surface area contributed by atoms with Crippen molar-refractivity contribution in [3.8, 4) is 0 Å². The zero-order valence-corrected chi connectivity index (χ0v) is 8.53. The third-order valence-corrected chi connectivity index (χ3v) is 4.26. The maximum absolute atomic E-state index is 9.54. The minimum absolute atomic E-state index is 0.235. The predicted molar refractivity (Wildman–Crippen MR) is 56.4 cm³/mol. The standard InChI is InChI=1S/C13H16O/c1-2-11-9-5-3-4-6-10(9)12-7-13(11,12)8-14/h3-6,11-12,14H,2,7-8H2,1H3/t11-,12+,13+/m1/s1. The zero-order chi connectivity index (χ0) is 9.76. The average molecular weight is 188 g/mol. The van der Waals surface area contributed by atoms with Crippen LogP contribution < -0.4 is 0 Å². The maximum atomic E-state index is 9.54. The van der Waals surface area contributed by atoms with Gasteiger partial charge in [0.1, 0.15) is 0 Å². The van der Waals surface area contributed by atoms with Crippen LogP contribution >= 0.6 is 0 Å². The summed E-state index contributed by atoms with van der Waals surface area (Å²) < 4.78 is 0. The summed E-state index contributed by atoms with van der Waals surface area (Å²) in [5.74, 6) is 1.27. The first-order valence-corrected chi connectivity index (χ1v) is 5.53. The molecule has 0 bridgehead atoms. The molecule has 74 valence electrons. The smallest absolute Gasteiger partial charge is 0.0499 e. The van der Waals surface area contributed by atoms with Crippen molar-refractivity contribution in [3.63, 3.8) is 0 Å². The SMILES string of the molecule is CC[C@@H]1c2ccccc2[C@@H]2C[C@]12CO. The number of aliphatic hydroxyl groups is 1. The van der Waals surface area contributed by atoms with Crippen LogP contribution in [0.1, 0.15) is 42.7 Å². The Hall–Kier alpha value is -0.820. The van der Waals surface area contributed by atoms with Crippen LogP contribution in [0.4, 0.5) is 0 Å². The first-order valence-electron chi connectivity index (χ1n) is 5.53. The van der Waals surface area contributed by atoms with Gasteiger partial charge in [0.05, 0.1) is 0 Å². The van der Waals surface area contributed by atoms with E-state index >= 15 is 0 Å². The van der Waals surface area contributed by atoms with E-state index < -0.39 is 0 Å². The van der Waals surface area contributed by atoms with Gasteiger partial charge in [-0.05, 0) is 35.8 Å². The highest BCUT2D eigenvalue weighted by Crippen LogP contribution is 2.72. The fraction of sp³-hybridized carbons (Fsp3) is 0.538. The van der Waals surface area contributed by atoms with Crippen LogP contribution in [-0.2, 0) is 0 Å². The van der Waals surface area contributed by atoms with E-state index in [0.29, 0.717) is 18.4 Å². The zero-order valence-electron chi connectivity index (χ0n) is 8.53. The first-order chi connectivity index (χ1) is 6.83. The molecule has 1 fully saturated rings. The van der Waals surface area contributed by atoms with E-state index in [1.165, 1.54) is 17.5 Å². The molecule has 0 aliphatic heterocycles. The molecule has 0 radical (unpaired) electrons. The second kappa shape index (κ2) is 2.60. The summed E-state index contributed by atoms with van der Waals surface area (Å²) >= 11 is 0. The van der Waals surface area contributed by atoms with Gasteiger partial charge in [-0.3, -0.25) is 0 Å². The van der Waals surface area contributed by atoms with Gasteiger partial charge in [-0.15, -0.1) is 0 Å². The van der Waals surface area contributed by atoms with E-state index in [1.54, 1.807) is 0 Å². The van der Waals surface area contributed by atoms with Crippen molar-refractivity contribution in [1.82, 2.24) is 0 Å². The first kappa shape index (κ1) is 8.49. The molecule has 2 aliphatic rings. The second-order valence-electron chi connectivity index (χ2n) is 4.74. The summed E-state index contributed by atoms with van der Waals surface area (Å²) in [7, 11) is 0. The number of hydrogen-bond donors (Lipinski definition) is 1. The Labute approximate surface area is 84.8 Å². The molecule has 0 unspecified atom stereocenters. The van der Waals surface area contributed by atoms with Crippen molar-refractivity contribution in [3.05, 3.63) is 35.4 Å². The number of fused-ring (bicyclic) bond motifs is 3. The topological polar surface area (TPSA) is 20.2 Å². The summed E-state index contributed by atoms with van der Waals surface area (Å²) in [5.41, 5.74) is 3.24. The molecule has 0 spiro atoms. The highest BCUT2D eigenvalue weighted by Gasteiger charge is 2.63. The van der Waals surface area contributed by atoms with Crippen molar-refractivity contribution in [2.24, 2.45) is 5.41 Å². The van der Waals surface area contributed by atoms with Crippen molar-refractivity contribution in [2.75, 3.05) is 6.61 Å². The number of hydrogen-bond acceptors (Lipinski definition) is 1. The van der Waals surface area contributed by atoms with Gasteiger partial charge in [-0.2, -0.15) is 0 Å². The molecular weight excluding hydrogens is 172 g/mol. The van der Waals surface area contributed by atoms with Crippen LogP contribution in [0.2, 0.25) is 0 Å². The summed E-state index contributed by atoms with van der Waals surface area (Å²) in [6.07, 6.45) is 2.37. The fourth-order valence-corrected chi connectivity index (χ4v) is 3.49. The van der Waals surface area contributed by atoms with Gasteiger partial charge in [0.25, 0.3) is 0 Å². The summed E-state index contributed by atoms with van der Waals surface area (Å²) in [5, 5.41) is 9.54. The molecule has 14 heavy (non-hydrogen) atoms. The van der Waals surface area contributed by atoms with Crippen molar-refractivity contribution in [2.45, 2.75) is 31.6 Å². The van der Waals surface area contributed by atoms with Gasteiger partial charge in [0.2, 0.25) is 0 Å². The van der Waals surface area contributed by atoms with Crippen LogP contribution in [0.25, 0.3) is 0 Å². The van der Waals surface area contributed by atoms with E-state index in [9.17, 15) is 5.11 Å². The van der Waals surface area contributed by atoms with E-state index in [4.69, 9.17) is 0 Å². The molecule has 3 atom stereocenters. The van der Waals surface area contributed by atoms with Crippen LogP contribution in [0.15, 0.2) is 24.3 Å². The normalized spacial score (nSPS) is 37.9. The maximum Gasteiger partial charge on any atom is 0.0499 e. The van der Waals surface area contributed by atoms with E-state index in [0.717, 1.165) is 6.42 Å². The lowest BCUT2D eigenvalue weighted by atomic mass is 9.85. The van der Waals surface area contributed by atoms with Gasteiger partial charge in [-0.1, -0.05) is 31.2 Å². The second-order valence-corrected chi connectivity index (χ2v) is 4.74. The molecular formula is C13H16O. The molecule has 1 heteroatoms. The Kier molecular flexibility index (Phi) is 1.58. The average Bonchev–Trinajstić information content (AvgIpc) is 2.91. The monoisotopic (exact) mass is 188 g/mol.